The van der Waals surface area contributed by atoms with Gasteiger partial charge >= 0.3 is 0 Å². The second kappa shape index (κ2) is 4.80. The quantitative estimate of drug-likeness (QED) is 0.739. The summed E-state index contributed by atoms with van der Waals surface area (Å²) in [7, 11) is 0. The fraction of sp³-hybridized carbons (Fsp3) is 0.214. The molecule has 3 aromatic rings. The topological polar surface area (TPSA) is 68.6 Å². The van der Waals surface area contributed by atoms with Gasteiger partial charge in [0.05, 0.1) is 17.6 Å². The molecular formula is C14H15N5O. The lowest BCUT2D eigenvalue weighted by atomic mass is 10.3. The van der Waals surface area contributed by atoms with Crippen molar-refractivity contribution < 1.29 is 4.74 Å². The molecule has 0 fully saturated rings. The number of aromatic amines is 1. The minimum absolute atomic E-state index is 0.531. The zero-order chi connectivity index (χ0) is 14.1. The summed E-state index contributed by atoms with van der Waals surface area (Å²) in [6.07, 6.45) is 5.15. The maximum Gasteiger partial charge on any atom is 0.236 e. The number of imidazole rings is 1. The number of H-pyrrole nitrogens is 1. The van der Waals surface area contributed by atoms with E-state index in [2.05, 4.69) is 26.5 Å². The van der Waals surface area contributed by atoms with Crippen molar-refractivity contribution >= 4 is 16.8 Å². The Labute approximate surface area is 116 Å². The van der Waals surface area contributed by atoms with Crippen molar-refractivity contribution in [2.45, 2.75) is 13.8 Å². The molecule has 0 saturated carbocycles. The van der Waals surface area contributed by atoms with Gasteiger partial charge in [0.25, 0.3) is 0 Å². The van der Waals surface area contributed by atoms with Gasteiger partial charge in [-0.3, -0.25) is 4.57 Å². The van der Waals surface area contributed by atoms with Crippen molar-refractivity contribution in [2.75, 3.05) is 6.61 Å². The largest absolute Gasteiger partial charge is 0.492 e. The van der Waals surface area contributed by atoms with E-state index in [1.165, 1.54) is 0 Å². The van der Waals surface area contributed by atoms with Crippen LogP contribution in [0.15, 0.2) is 31.4 Å². The maximum absolute atomic E-state index is 5.49. The van der Waals surface area contributed by atoms with Gasteiger partial charge in [0, 0.05) is 18.1 Å². The van der Waals surface area contributed by atoms with Crippen molar-refractivity contribution in [3.05, 3.63) is 42.8 Å². The highest BCUT2D eigenvalue weighted by molar-refractivity contribution is 5.86. The van der Waals surface area contributed by atoms with E-state index in [4.69, 9.17) is 4.74 Å². The third kappa shape index (κ3) is 2.05. The fourth-order valence-corrected chi connectivity index (χ4v) is 2.07. The SMILES string of the molecule is C=C(OCC)c1nc(-n2ccnc2)nc2cc(C)[nH]c12. The Bertz CT molecular complexity index is 757. The van der Waals surface area contributed by atoms with Crippen LogP contribution in [0.1, 0.15) is 18.3 Å². The molecular weight excluding hydrogens is 254 g/mol. The van der Waals surface area contributed by atoms with Gasteiger partial charge in [0.1, 0.15) is 17.8 Å². The molecule has 0 aliphatic rings. The third-order valence-electron chi connectivity index (χ3n) is 2.92. The van der Waals surface area contributed by atoms with Crippen LogP contribution in [0.5, 0.6) is 0 Å². The van der Waals surface area contributed by atoms with Crippen LogP contribution in [0.3, 0.4) is 0 Å². The van der Waals surface area contributed by atoms with Crippen LogP contribution >= 0.6 is 0 Å². The highest BCUT2D eigenvalue weighted by atomic mass is 16.5. The van der Waals surface area contributed by atoms with Gasteiger partial charge in [-0.2, -0.15) is 0 Å². The third-order valence-corrected chi connectivity index (χ3v) is 2.92. The highest BCUT2D eigenvalue weighted by Gasteiger charge is 2.14. The molecule has 102 valence electrons. The Hall–Kier alpha value is -2.63. The van der Waals surface area contributed by atoms with E-state index in [0.29, 0.717) is 24.0 Å². The van der Waals surface area contributed by atoms with Gasteiger partial charge < -0.3 is 9.72 Å². The molecule has 20 heavy (non-hydrogen) atoms. The molecule has 0 saturated heterocycles. The lowest BCUT2D eigenvalue weighted by Crippen LogP contribution is -2.04. The number of aromatic nitrogens is 5. The first-order valence-electron chi connectivity index (χ1n) is 6.36. The summed E-state index contributed by atoms with van der Waals surface area (Å²) in [6, 6.07) is 1.97. The zero-order valence-corrected chi connectivity index (χ0v) is 11.4. The van der Waals surface area contributed by atoms with E-state index in [1.54, 1.807) is 23.3 Å². The first-order valence-corrected chi connectivity index (χ1v) is 6.36. The van der Waals surface area contributed by atoms with Crippen LogP contribution in [0.2, 0.25) is 0 Å². The average Bonchev–Trinajstić information content (AvgIpc) is 3.04. The Morgan fingerprint density at radius 1 is 1.45 bits per heavy atom. The molecule has 0 aliphatic heterocycles. The van der Waals surface area contributed by atoms with Crippen LogP contribution in [-0.4, -0.2) is 31.1 Å². The van der Waals surface area contributed by atoms with Crippen LogP contribution in [0, 0.1) is 6.92 Å². The van der Waals surface area contributed by atoms with Gasteiger partial charge in [0.15, 0.2) is 0 Å². The lowest BCUT2D eigenvalue weighted by Gasteiger charge is -2.09. The molecule has 6 heteroatoms. The number of aryl methyl sites for hydroxylation is 1. The Morgan fingerprint density at radius 3 is 3.00 bits per heavy atom. The molecule has 0 spiro atoms. The minimum atomic E-state index is 0.531. The van der Waals surface area contributed by atoms with E-state index in [-0.39, 0.29) is 0 Å². The van der Waals surface area contributed by atoms with Crippen molar-refractivity contribution in [3.63, 3.8) is 0 Å². The summed E-state index contributed by atoms with van der Waals surface area (Å²) < 4.78 is 7.24. The number of ether oxygens (including phenoxy) is 1. The molecule has 0 unspecified atom stereocenters. The van der Waals surface area contributed by atoms with Gasteiger partial charge in [0.2, 0.25) is 5.95 Å². The van der Waals surface area contributed by atoms with E-state index < -0.39 is 0 Å². The average molecular weight is 269 g/mol. The van der Waals surface area contributed by atoms with Crippen molar-refractivity contribution in [3.8, 4) is 5.95 Å². The number of rotatable bonds is 4. The van der Waals surface area contributed by atoms with Crippen molar-refractivity contribution in [1.82, 2.24) is 24.5 Å². The van der Waals surface area contributed by atoms with Crippen LogP contribution in [-0.2, 0) is 4.74 Å². The minimum Gasteiger partial charge on any atom is -0.492 e. The van der Waals surface area contributed by atoms with E-state index in [1.807, 2.05) is 19.9 Å². The van der Waals surface area contributed by atoms with Crippen molar-refractivity contribution in [2.24, 2.45) is 0 Å². The molecule has 0 radical (unpaired) electrons. The van der Waals surface area contributed by atoms with Gasteiger partial charge in [-0.05, 0) is 19.9 Å². The van der Waals surface area contributed by atoms with Crippen LogP contribution in [0.4, 0.5) is 0 Å². The summed E-state index contributed by atoms with van der Waals surface area (Å²) >= 11 is 0. The molecule has 3 heterocycles. The van der Waals surface area contributed by atoms with Crippen LogP contribution < -0.4 is 0 Å². The Kier molecular flexibility index (Phi) is 2.98. The molecule has 3 aromatic heterocycles. The summed E-state index contributed by atoms with van der Waals surface area (Å²) in [4.78, 5) is 16.3. The molecule has 0 aromatic carbocycles. The Balaban J connectivity index is 2.22. The van der Waals surface area contributed by atoms with E-state index in [9.17, 15) is 0 Å². The number of fused-ring (bicyclic) bond motifs is 1. The summed E-state index contributed by atoms with van der Waals surface area (Å²) in [6.45, 7) is 8.38. The summed E-state index contributed by atoms with van der Waals surface area (Å²) in [5, 5.41) is 0. The van der Waals surface area contributed by atoms with Gasteiger partial charge in [-0.15, -0.1) is 0 Å². The molecule has 0 bridgehead atoms. The second-order valence-electron chi connectivity index (χ2n) is 4.41. The predicted molar refractivity (Wildman–Crippen MR) is 76.4 cm³/mol. The van der Waals surface area contributed by atoms with Crippen LogP contribution in [0.25, 0.3) is 22.7 Å². The predicted octanol–water partition coefficient (Wildman–Crippen LogP) is 2.46. The fourth-order valence-electron chi connectivity index (χ4n) is 2.07. The number of hydrogen-bond donors (Lipinski definition) is 1. The molecule has 0 atom stereocenters. The monoisotopic (exact) mass is 269 g/mol. The first-order chi connectivity index (χ1) is 9.69. The van der Waals surface area contributed by atoms with E-state index >= 15 is 0 Å². The molecule has 0 aliphatic carbocycles. The number of hydrogen-bond acceptors (Lipinski definition) is 4. The lowest BCUT2D eigenvalue weighted by molar-refractivity contribution is 0.298. The van der Waals surface area contributed by atoms with Crippen molar-refractivity contribution in [1.29, 1.82) is 0 Å². The smallest absolute Gasteiger partial charge is 0.236 e. The molecule has 6 nitrogen and oxygen atoms in total. The normalized spacial score (nSPS) is 10.9. The second-order valence-corrected chi connectivity index (χ2v) is 4.41. The van der Waals surface area contributed by atoms with Gasteiger partial charge in [-0.25, -0.2) is 15.0 Å². The zero-order valence-electron chi connectivity index (χ0n) is 11.4. The first kappa shape index (κ1) is 12.4. The van der Waals surface area contributed by atoms with E-state index in [0.717, 1.165) is 16.7 Å². The Morgan fingerprint density at radius 2 is 2.30 bits per heavy atom. The standard InChI is InChI=1S/C14H15N5O/c1-4-20-10(3)12-13-11(7-9(2)16-13)17-14(18-12)19-6-5-15-8-19/h5-8,16H,3-4H2,1-2H3. The maximum atomic E-state index is 5.49. The summed E-state index contributed by atoms with van der Waals surface area (Å²) in [5.74, 6) is 1.08. The van der Waals surface area contributed by atoms with Gasteiger partial charge in [-0.1, -0.05) is 6.58 Å². The summed E-state index contributed by atoms with van der Waals surface area (Å²) in [5.41, 5.74) is 3.36. The highest BCUT2D eigenvalue weighted by Crippen LogP contribution is 2.23. The molecule has 1 N–H and O–H groups in total. The molecule has 3 rings (SSSR count). The number of nitrogens with zero attached hydrogens (tertiary/aromatic N) is 4. The molecule has 0 amide bonds. The number of nitrogens with one attached hydrogen (secondary N) is 1.